The zero-order valence-corrected chi connectivity index (χ0v) is 12.1. The smallest absolute Gasteiger partial charge is 0.139 e. The minimum absolute atomic E-state index is 0.0848. The van der Waals surface area contributed by atoms with Crippen molar-refractivity contribution in [3.63, 3.8) is 0 Å². The minimum atomic E-state index is 0.0848. The van der Waals surface area contributed by atoms with Crippen molar-refractivity contribution in [2.45, 2.75) is 44.8 Å². The molecule has 1 unspecified atom stereocenters. The molecule has 1 aliphatic rings. The summed E-state index contributed by atoms with van der Waals surface area (Å²) in [5, 5.41) is 4.78. The van der Waals surface area contributed by atoms with Crippen LogP contribution in [0.25, 0.3) is 0 Å². The van der Waals surface area contributed by atoms with Gasteiger partial charge in [-0.1, -0.05) is 36.0 Å². The molecule has 1 aromatic rings. The van der Waals surface area contributed by atoms with Gasteiger partial charge in [0.05, 0.1) is 5.02 Å². The molecule has 0 saturated heterocycles. The van der Waals surface area contributed by atoms with Gasteiger partial charge >= 0.3 is 0 Å². The molecule has 4 heteroatoms. The highest BCUT2D eigenvalue weighted by molar-refractivity contribution is 6.34. The summed E-state index contributed by atoms with van der Waals surface area (Å²) in [6, 6.07) is 5.94. The highest BCUT2D eigenvalue weighted by Crippen LogP contribution is 2.28. The molecule has 0 radical (unpaired) electrons. The number of benzene rings is 1. The van der Waals surface area contributed by atoms with Gasteiger partial charge in [0.15, 0.2) is 0 Å². The number of hydrogen-bond acceptors (Lipinski definition) is 2. The fraction of sp³-hybridized carbons (Fsp3) is 0.571. The Hall–Kier alpha value is -0.440. The third kappa shape index (κ3) is 4.04. The van der Waals surface area contributed by atoms with Crippen LogP contribution in [0, 0.1) is 0 Å². The van der Waals surface area contributed by atoms with E-state index in [1.165, 1.54) is 25.7 Å². The minimum Gasteiger partial charge on any atom is -0.488 e. The lowest BCUT2D eigenvalue weighted by Crippen LogP contribution is -2.35. The van der Waals surface area contributed by atoms with Crippen molar-refractivity contribution in [3.05, 3.63) is 28.2 Å². The molecule has 1 N–H and O–H groups in total. The molecule has 100 valence electrons. The van der Waals surface area contributed by atoms with Crippen LogP contribution in [-0.2, 0) is 0 Å². The normalized spacial score (nSPS) is 17.9. The van der Waals surface area contributed by atoms with Gasteiger partial charge in [-0.3, -0.25) is 0 Å². The molecule has 0 bridgehead atoms. The fourth-order valence-corrected chi connectivity index (χ4v) is 2.61. The highest BCUT2D eigenvalue weighted by atomic mass is 35.5. The lowest BCUT2D eigenvalue weighted by Gasteiger charge is -2.19. The third-order valence-electron chi connectivity index (χ3n) is 3.27. The molecule has 1 atom stereocenters. The molecule has 1 aliphatic carbocycles. The van der Waals surface area contributed by atoms with Crippen molar-refractivity contribution in [1.82, 2.24) is 5.32 Å². The average Bonchev–Trinajstić information content (AvgIpc) is 2.84. The van der Waals surface area contributed by atoms with Gasteiger partial charge in [0.1, 0.15) is 11.9 Å². The van der Waals surface area contributed by atoms with Crippen LogP contribution in [0.15, 0.2) is 18.2 Å². The third-order valence-corrected chi connectivity index (χ3v) is 3.82. The molecule has 0 amide bonds. The maximum Gasteiger partial charge on any atom is 0.139 e. The zero-order chi connectivity index (χ0) is 13.0. The predicted octanol–water partition coefficient (Wildman–Crippen LogP) is 4.29. The van der Waals surface area contributed by atoms with Crippen molar-refractivity contribution >= 4 is 23.2 Å². The fourth-order valence-electron chi connectivity index (χ4n) is 2.29. The molecule has 2 rings (SSSR count). The highest BCUT2D eigenvalue weighted by Gasteiger charge is 2.16. The van der Waals surface area contributed by atoms with Gasteiger partial charge in [-0.25, -0.2) is 0 Å². The summed E-state index contributed by atoms with van der Waals surface area (Å²) >= 11 is 12.0. The Labute approximate surface area is 119 Å². The van der Waals surface area contributed by atoms with Gasteiger partial charge in [-0.2, -0.15) is 0 Å². The van der Waals surface area contributed by atoms with Gasteiger partial charge in [0.25, 0.3) is 0 Å². The van der Waals surface area contributed by atoms with E-state index in [4.69, 9.17) is 27.9 Å². The van der Waals surface area contributed by atoms with Gasteiger partial charge in [0.2, 0.25) is 0 Å². The first-order valence-electron chi connectivity index (χ1n) is 6.50. The molecule has 0 aliphatic heterocycles. The molecule has 18 heavy (non-hydrogen) atoms. The van der Waals surface area contributed by atoms with E-state index in [0.717, 1.165) is 6.54 Å². The van der Waals surface area contributed by atoms with E-state index in [-0.39, 0.29) is 6.10 Å². The van der Waals surface area contributed by atoms with Crippen LogP contribution in [0.4, 0.5) is 0 Å². The van der Waals surface area contributed by atoms with E-state index >= 15 is 0 Å². The molecule has 1 saturated carbocycles. The maximum atomic E-state index is 6.06. The molecular weight excluding hydrogens is 269 g/mol. The summed E-state index contributed by atoms with van der Waals surface area (Å²) in [6.45, 7) is 2.88. The largest absolute Gasteiger partial charge is 0.488 e. The maximum absolute atomic E-state index is 6.06. The summed E-state index contributed by atoms with van der Waals surface area (Å²) in [5.74, 6) is 0.657. The quantitative estimate of drug-likeness (QED) is 0.872. The number of hydrogen-bond donors (Lipinski definition) is 1. The monoisotopic (exact) mass is 287 g/mol. The number of nitrogens with one attached hydrogen (secondary N) is 1. The van der Waals surface area contributed by atoms with Gasteiger partial charge in [-0.05, 0) is 31.9 Å². The summed E-state index contributed by atoms with van der Waals surface area (Å²) < 4.78 is 5.81. The van der Waals surface area contributed by atoms with E-state index < -0.39 is 0 Å². The van der Waals surface area contributed by atoms with Gasteiger partial charge in [-0.15, -0.1) is 0 Å². The number of halogens is 2. The second kappa shape index (κ2) is 6.65. The van der Waals surface area contributed by atoms with Crippen LogP contribution in [0.2, 0.25) is 10.0 Å². The lowest BCUT2D eigenvalue weighted by molar-refractivity contribution is 0.211. The summed E-state index contributed by atoms with van der Waals surface area (Å²) in [7, 11) is 0. The van der Waals surface area contributed by atoms with E-state index in [1.807, 2.05) is 6.92 Å². The van der Waals surface area contributed by atoms with Crippen LogP contribution in [0.1, 0.15) is 32.6 Å². The van der Waals surface area contributed by atoms with Crippen LogP contribution in [0.5, 0.6) is 5.75 Å². The Morgan fingerprint density at radius 2 is 2.06 bits per heavy atom. The molecule has 1 fully saturated rings. The Balaban J connectivity index is 1.82. The van der Waals surface area contributed by atoms with Crippen molar-refractivity contribution < 1.29 is 4.74 Å². The standard InChI is InChI=1S/C14H19Cl2NO/c1-10(9-17-12-4-2-3-5-12)18-14-8-11(15)6-7-13(14)16/h6-8,10,12,17H,2-5,9H2,1H3. The molecule has 1 aromatic carbocycles. The van der Waals surface area contributed by atoms with Crippen LogP contribution in [-0.4, -0.2) is 18.7 Å². The van der Waals surface area contributed by atoms with E-state index in [2.05, 4.69) is 5.32 Å². The molecule has 0 aromatic heterocycles. The van der Waals surface area contributed by atoms with Gasteiger partial charge < -0.3 is 10.1 Å². The Morgan fingerprint density at radius 3 is 2.78 bits per heavy atom. The average molecular weight is 288 g/mol. The van der Waals surface area contributed by atoms with Crippen LogP contribution >= 0.6 is 23.2 Å². The van der Waals surface area contributed by atoms with E-state index in [1.54, 1.807) is 18.2 Å². The second-order valence-electron chi connectivity index (χ2n) is 4.89. The van der Waals surface area contributed by atoms with Crippen LogP contribution in [0.3, 0.4) is 0 Å². The van der Waals surface area contributed by atoms with Gasteiger partial charge in [0, 0.05) is 23.7 Å². The zero-order valence-electron chi connectivity index (χ0n) is 10.6. The summed E-state index contributed by atoms with van der Waals surface area (Å²) in [6.07, 6.45) is 5.33. The Morgan fingerprint density at radius 1 is 1.33 bits per heavy atom. The van der Waals surface area contributed by atoms with Crippen LogP contribution < -0.4 is 10.1 Å². The summed E-state index contributed by atoms with van der Waals surface area (Å²) in [4.78, 5) is 0. The van der Waals surface area contributed by atoms with E-state index in [0.29, 0.717) is 21.8 Å². The van der Waals surface area contributed by atoms with Crippen molar-refractivity contribution in [2.75, 3.05) is 6.54 Å². The first-order chi connectivity index (χ1) is 8.65. The van der Waals surface area contributed by atoms with Crippen molar-refractivity contribution in [3.8, 4) is 5.75 Å². The van der Waals surface area contributed by atoms with Crippen molar-refractivity contribution in [2.24, 2.45) is 0 Å². The molecule has 0 heterocycles. The molecule has 2 nitrogen and oxygen atoms in total. The molecule has 0 spiro atoms. The number of rotatable bonds is 5. The first kappa shape index (κ1) is 14.0. The topological polar surface area (TPSA) is 21.3 Å². The second-order valence-corrected chi connectivity index (χ2v) is 5.74. The lowest BCUT2D eigenvalue weighted by atomic mass is 10.2. The predicted molar refractivity (Wildman–Crippen MR) is 76.8 cm³/mol. The Bertz CT molecular complexity index is 391. The first-order valence-corrected chi connectivity index (χ1v) is 7.26. The number of ether oxygens (including phenoxy) is 1. The van der Waals surface area contributed by atoms with Crippen molar-refractivity contribution in [1.29, 1.82) is 0 Å². The van der Waals surface area contributed by atoms with E-state index in [9.17, 15) is 0 Å². The Kier molecular flexibility index (Phi) is 5.16. The summed E-state index contributed by atoms with van der Waals surface area (Å²) in [5.41, 5.74) is 0. The SMILES string of the molecule is CC(CNC1CCCC1)Oc1cc(Cl)ccc1Cl. The molecular formula is C14H19Cl2NO.